The van der Waals surface area contributed by atoms with Gasteiger partial charge in [-0.3, -0.25) is 14.5 Å². The van der Waals surface area contributed by atoms with Crippen molar-refractivity contribution < 1.29 is 14.7 Å². The topological polar surface area (TPSA) is 86.9 Å². The lowest BCUT2D eigenvalue weighted by Crippen LogP contribution is -2.53. The third kappa shape index (κ3) is 5.57. The third-order valence-electron chi connectivity index (χ3n) is 3.29. The van der Waals surface area contributed by atoms with Crippen molar-refractivity contribution in [1.29, 1.82) is 0 Å². The molecule has 0 aromatic rings. The number of hydrogen-bond acceptors (Lipinski definition) is 4. The zero-order chi connectivity index (χ0) is 14.4. The molecule has 0 aliphatic carbocycles. The maximum Gasteiger partial charge on any atom is 0.303 e. The Morgan fingerprint density at radius 3 is 2.26 bits per heavy atom. The number of nitrogens with zero attached hydrogens (tertiary/aromatic N) is 2. The van der Waals surface area contributed by atoms with Gasteiger partial charge in [-0.2, -0.15) is 0 Å². The smallest absolute Gasteiger partial charge is 0.303 e. The number of nitrogens with two attached hydrogens (primary N) is 1. The third-order valence-corrected chi connectivity index (χ3v) is 3.29. The summed E-state index contributed by atoms with van der Waals surface area (Å²) in [5.74, 6) is -0.407. The van der Waals surface area contributed by atoms with E-state index in [9.17, 15) is 9.59 Å². The zero-order valence-corrected chi connectivity index (χ0v) is 11.8. The van der Waals surface area contributed by atoms with Crippen LogP contribution in [0.4, 0.5) is 0 Å². The molecule has 1 saturated heterocycles. The van der Waals surface area contributed by atoms with Gasteiger partial charge in [-0.05, 0) is 12.3 Å². The molecular weight excluding hydrogens is 246 g/mol. The van der Waals surface area contributed by atoms with Crippen LogP contribution in [0.2, 0.25) is 0 Å². The van der Waals surface area contributed by atoms with Crippen LogP contribution in [-0.4, -0.2) is 65.5 Å². The maximum atomic E-state index is 12.0. The molecule has 110 valence electrons. The van der Waals surface area contributed by atoms with Gasteiger partial charge in [0.2, 0.25) is 5.91 Å². The average molecular weight is 271 g/mol. The van der Waals surface area contributed by atoms with Gasteiger partial charge >= 0.3 is 5.97 Å². The number of rotatable bonds is 6. The van der Waals surface area contributed by atoms with Crippen LogP contribution in [0, 0.1) is 5.92 Å². The monoisotopic (exact) mass is 271 g/mol. The van der Waals surface area contributed by atoms with Crippen LogP contribution in [0.5, 0.6) is 0 Å². The minimum absolute atomic E-state index is 0.0553. The van der Waals surface area contributed by atoms with Crippen molar-refractivity contribution >= 4 is 11.9 Å². The summed E-state index contributed by atoms with van der Waals surface area (Å²) < 4.78 is 0. The molecule has 6 heteroatoms. The second-order valence-corrected chi connectivity index (χ2v) is 5.56. The summed E-state index contributed by atoms with van der Waals surface area (Å²) in [4.78, 5) is 26.6. The van der Waals surface area contributed by atoms with E-state index >= 15 is 0 Å². The molecule has 0 spiro atoms. The highest BCUT2D eigenvalue weighted by Crippen LogP contribution is 2.08. The van der Waals surface area contributed by atoms with Crippen molar-refractivity contribution in [2.24, 2.45) is 11.7 Å². The Bertz CT molecular complexity index is 312. The van der Waals surface area contributed by atoms with Gasteiger partial charge in [0.1, 0.15) is 0 Å². The molecule has 1 heterocycles. The van der Waals surface area contributed by atoms with Crippen LogP contribution in [0.25, 0.3) is 0 Å². The second-order valence-electron chi connectivity index (χ2n) is 5.56. The van der Waals surface area contributed by atoms with Crippen molar-refractivity contribution in [2.75, 3.05) is 32.7 Å². The molecule has 1 unspecified atom stereocenters. The summed E-state index contributed by atoms with van der Waals surface area (Å²) in [7, 11) is 0. The lowest BCUT2D eigenvalue weighted by atomic mass is 10.1. The summed E-state index contributed by atoms with van der Waals surface area (Å²) in [6.07, 6.45) is 0.153. The van der Waals surface area contributed by atoms with Crippen LogP contribution in [-0.2, 0) is 9.59 Å². The Morgan fingerprint density at radius 1 is 1.21 bits per heavy atom. The fourth-order valence-electron chi connectivity index (χ4n) is 2.30. The number of carboxylic acids is 1. The van der Waals surface area contributed by atoms with Gasteiger partial charge in [0.05, 0.1) is 6.04 Å². The minimum Gasteiger partial charge on any atom is -0.481 e. The van der Waals surface area contributed by atoms with E-state index in [4.69, 9.17) is 10.8 Å². The number of hydrogen-bond donors (Lipinski definition) is 2. The first-order chi connectivity index (χ1) is 8.90. The van der Waals surface area contributed by atoms with E-state index in [0.29, 0.717) is 19.0 Å². The van der Waals surface area contributed by atoms with Crippen molar-refractivity contribution in [3.05, 3.63) is 0 Å². The summed E-state index contributed by atoms with van der Waals surface area (Å²) in [6.45, 7) is 8.52. The average Bonchev–Trinajstić information content (AvgIpc) is 2.35. The summed E-state index contributed by atoms with van der Waals surface area (Å²) in [5, 5.41) is 8.59. The predicted molar refractivity (Wildman–Crippen MR) is 72.7 cm³/mol. The van der Waals surface area contributed by atoms with Crippen LogP contribution in [0.3, 0.4) is 0 Å². The Kier molecular flexibility index (Phi) is 6.24. The van der Waals surface area contributed by atoms with E-state index in [1.807, 2.05) is 0 Å². The van der Waals surface area contributed by atoms with E-state index in [-0.39, 0.29) is 18.7 Å². The number of amides is 1. The minimum atomic E-state index is -0.912. The molecule has 1 aliphatic rings. The molecule has 0 radical (unpaired) electrons. The Hall–Kier alpha value is -1.14. The molecule has 1 rings (SSSR count). The van der Waals surface area contributed by atoms with Gasteiger partial charge < -0.3 is 15.7 Å². The molecule has 0 saturated carbocycles. The molecule has 0 aromatic carbocycles. The second kappa shape index (κ2) is 7.45. The predicted octanol–water partition coefficient (Wildman–Crippen LogP) is -0.0213. The first kappa shape index (κ1) is 15.9. The van der Waals surface area contributed by atoms with E-state index in [1.165, 1.54) is 0 Å². The normalized spacial score (nSPS) is 18.6. The molecule has 1 amide bonds. The SMILES string of the molecule is CC(C)CN1CCN(C(=O)C(N)CCC(=O)O)CC1. The van der Waals surface area contributed by atoms with Crippen molar-refractivity contribution in [3.8, 4) is 0 Å². The molecule has 0 bridgehead atoms. The first-order valence-corrected chi connectivity index (χ1v) is 6.88. The van der Waals surface area contributed by atoms with Crippen LogP contribution < -0.4 is 5.73 Å². The van der Waals surface area contributed by atoms with Gasteiger partial charge in [0.25, 0.3) is 0 Å². The fourth-order valence-corrected chi connectivity index (χ4v) is 2.30. The number of carbonyl (C=O) groups is 2. The number of aliphatic carboxylic acids is 1. The highest BCUT2D eigenvalue weighted by atomic mass is 16.4. The quantitative estimate of drug-likeness (QED) is 0.709. The van der Waals surface area contributed by atoms with Gasteiger partial charge in [0.15, 0.2) is 0 Å². The molecule has 1 fully saturated rings. The molecule has 6 nitrogen and oxygen atoms in total. The molecular formula is C13H25N3O3. The Balaban J connectivity index is 2.33. The van der Waals surface area contributed by atoms with Crippen molar-refractivity contribution in [2.45, 2.75) is 32.7 Å². The van der Waals surface area contributed by atoms with Crippen molar-refractivity contribution in [1.82, 2.24) is 9.80 Å². The lowest BCUT2D eigenvalue weighted by Gasteiger charge is -2.36. The molecule has 1 atom stereocenters. The first-order valence-electron chi connectivity index (χ1n) is 6.88. The largest absolute Gasteiger partial charge is 0.481 e. The molecule has 0 aromatic heterocycles. The van der Waals surface area contributed by atoms with E-state index < -0.39 is 12.0 Å². The number of carboxylic acid groups (broad SMARTS) is 1. The van der Waals surface area contributed by atoms with E-state index in [1.54, 1.807) is 4.90 Å². The number of piperazine rings is 1. The molecule has 19 heavy (non-hydrogen) atoms. The fraction of sp³-hybridized carbons (Fsp3) is 0.846. The summed E-state index contributed by atoms with van der Waals surface area (Å²) in [5.41, 5.74) is 5.74. The number of carbonyl (C=O) groups excluding carboxylic acids is 1. The van der Waals surface area contributed by atoms with E-state index in [2.05, 4.69) is 18.7 Å². The molecule has 1 aliphatic heterocycles. The van der Waals surface area contributed by atoms with Crippen LogP contribution >= 0.6 is 0 Å². The highest BCUT2D eigenvalue weighted by Gasteiger charge is 2.25. The summed E-state index contributed by atoms with van der Waals surface area (Å²) >= 11 is 0. The van der Waals surface area contributed by atoms with Gasteiger partial charge in [-0.25, -0.2) is 0 Å². The summed E-state index contributed by atoms with van der Waals surface area (Å²) in [6, 6.07) is -0.687. The van der Waals surface area contributed by atoms with Gasteiger partial charge in [-0.1, -0.05) is 13.8 Å². The van der Waals surface area contributed by atoms with Crippen molar-refractivity contribution in [3.63, 3.8) is 0 Å². The highest BCUT2D eigenvalue weighted by molar-refractivity contribution is 5.82. The van der Waals surface area contributed by atoms with Crippen LogP contribution in [0.15, 0.2) is 0 Å². The van der Waals surface area contributed by atoms with Gasteiger partial charge in [-0.15, -0.1) is 0 Å². The van der Waals surface area contributed by atoms with Crippen LogP contribution in [0.1, 0.15) is 26.7 Å². The van der Waals surface area contributed by atoms with E-state index in [0.717, 1.165) is 19.6 Å². The zero-order valence-electron chi connectivity index (χ0n) is 11.8. The lowest BCUT2D eigenvalue weighted by molar-refractivity contribution is -0.138. The standard InChI is InChI=1S/C13H25N3O3/c1-10(2)9-15-5-7-16(8-6-15)13(19)11(14)3-4-12(17)18/h10-11H,3-9,14H2,1-2H3,(H,17,18). The maximum absolute atomic E-state index is 12.0. The van der Waals surface area contributed by atoms with Gasteiger partial charge in [0, 0.05) is 39.1 Å². The molecule has 3 N–H and O–H groups in total. The Morgan fingerprint density at radius 2 is 1.79 bits per heavy atom. The Labute approximate surface area is 114 Å².